The standard InChI is InChI=1S/C11H8ClN3O2/c1-7-5-10(12)14-11(13-7)8-3-2-4-9(6-8)15(16)17/h2-6H,1H3. The first-order valence-electron chi connectivity index (χ1n) is 4.82. The second-order valence-electron chi connectivity index (χ2n) is 3.46. The van der Waals surface area contributed by atoms with E-state index in [0.717, 1.165) is 0 Å². The molecule has 2 rings (SSSR count). The Morgan fingerprint density at radius 1 is 1.29 bits per heavy atom. The van der Waals surface area contributed by atoms with Crippen LogP contribution in [0.5, 0.6) is 0 Å². The zero-order chi connectivity index (χ0) is 12.4. The molecule has 1 heterocycles. The third kappa shape index (κ3) is 2.57. The van der Waals surface area contributed by atoms with Crippen molar-refractivity contribution in [1.82, 2.24) is 9.97 Å². The van der Waals surface area contributed by atoms with Gasteiger partial charge in [-0.25, -0.2) is 9.97 Å². The summed E-state index contributed by atoms with van der Waals surface area (Å²) in [5.41, 5.74) is 1.29. The van der Waals surface area contributed by atoms with Crippen LogP contribution >= 0.6 is 11.6 Å². The normalized spacial score (nSPS) is 10.2. The quantitative estimate of drug-likeness (QED) is 0.466. The Balaban J connectivity index is 2.52. The topological polar surface area (TPSA) is 68.9 Å². The summed E-state index contributed by atoms with van der Waals surface area (Å²) < 4.78 is 0. The molecule has 0 saturated heterocycles. The number of halogens is 1. The summed E-state index contributed by atoms with van der Waals surface area (Å²) in [6.45, 7) is 1.79. The summed E-state index contributed by atoms with van der Waals surface area (Å²) in [6.07, 6.45) is 0. The summed E-state index contributed by atoms with van der Waals surface area (Å²) in [7, 11) is 0. The first-order valence-corrected chi connectivity index (χ1v) is 5.20. The number of hydrogen-bond donors (Lipinski definition) is 0. The van der Waals surface area contributed by atoms with Crippen LogP contribution in [0.4, 0.5) is 5.69 Å². The van der Waals surface area contributed by atoms with Crippen molar-refractivity contribution < 1.29 is 4.92 Å². The van der Waals surface area contributed by atoms with E-state index in [-0.39, 0.29) is 5.69 Å². The first-order chi connectivity index (χ1) is 8.06. The van der Waals surface area contributed by atoms with Gasteiger partial charge in [0.25, 0.3) is 5.69 Å². The number of non-ortho nitro benzene ring substituents is 1. The Morgan fingerprint density at radius 2 is 2.06 bits per heavy atom. The summed E-state index contributed by atoms with van der Waals surface area (Å²) in [5, 5.41) is 11.0. The van der Waals surface area contributed by atoms with E-state index in [1.165, 1.54) is 12.1 Å². The van der Waals surface area contributed by atoms with Crippen molar-refractivity contribution in [3.8, 4) is 11.4 Å². The Morgan fingerprint density at radius 3 is 2.71 bits per heavy atom. The van der Waals surface area contributed by atoms with Gasteiger partial charge in [-0.3, -0.25) is 10.1 Å². The second-order valence-corrected chi connectivity index (χ2v) is 3.85. The van der Waals surface area contributed by atoms with E-state index in [4.69, 9.17) is 11.6 Å². The Kier molecular flexibility index (Phi) is 3.01. The predicted molar refractivity (Wildman–Crippen MR) is 63.9 cm³/mol. The number of nitro groups is 1. The largest absolute Gasteiger partial charge is 0.270 e. The van der Waals surface area contributed by atoms with Gasteiger partial charge in [0.05, 0.1) is 4.92 Å². The molecule has 0 atom stereocenters. The fourth-order valence-corrected chi connectivity index (χ4v) is 1.66. The highest BCUT2D eigenvalue weighted by molar-refractivity contribution is 6.29. The summed E-state index contributed by atoms with van der Waals surface area (Å²) in [6, 6.07) is 7.76. The van der Waals surface area contributed by atoms with E-state index in [0.29, 0.717) is 22.2 Å². The van der Waals surface area contributed by atoms with Gasteiger partial charge in [-0.1, -0.05) is 23.7 Å². The van der Waals surface area contributed by atoms with Crippen LogP contribution in [0, 0.1) is 17.0 Å². The van der Waals surface area contributed by atoms with Crippen molar-refractivity contribution in [2.24, 2.45) is 0 Å². The van der Waals surface area contributed by atoms with Crippen molar-refractivity contribution in [1.29, 1.82) is 0 Å². The first kappa shape index (κ1) is 11.5. The van der Waals surface area contributed by atoms with Crippen molar-refractivity contribution in [2.45, 2.75) is 6.92 Å². The van der Waals surface area contributed by atoms with E-state index in [1.807, 2.05) is 0 Å². The summed E-state index contributed by atoms with van der Waals surface area (Å²) in [4.78, 5) is 18.4. The fourth-order valence-electron chi connectivity index (χ4n) is 1.42. The Hall–Kier alpha value is -2.01. The Bertz CT molecular complexity index is 566. The zero-order valence-electron chi connectivity index (χ0n) is 8.92. The molecular formula is C11H8ClN3O2. The predicted octanol–water partition coefficient (Wildman–Crippen LogP) is 3.01. The Labute approximate surface area is 102 Å². The number of nitrogens with zero attached hydrogens (tertiary/aromatic N) is 3. The number of nitro benzene ring substituents is 1. The minimum Gasteiger partial charge on any atom is -0.258 e. The lowest BCUT2D eigenvalue weighted by atomic mass is 10.2. The summed E-state index contributed by atoms with van der Waals surface area (Å²) in [5.74, 6) is 0.388. The van der Waals surface area contributed by atoms with Gasteiger partial charge in [-0.15, -0.1) is 0 Å². The van der Waals surface area contributed by atoms with Gasteiger partial charge in [-0.05, 0) is 13.0 Å². The highest BCUT2D eigenvalue weighted by Crippen LogP contribution is 2.22. The van der Waals surface area contributed by atoms with E-state index >= 15 is 0 Å². The van der Waals surface area contributed by atoms with E-state index < -0.39 is 4.92 Å². The minimum atomic E-state index is -0.457. The monoisotopic (exact) mass is 249 g/mol. The number of aromatic nitrogens is 2. The van der Waals surface area contributed by atoms with E-state index in [2.05, 4.69) is 9.97 Å². The molecule has 1 aromatic carbocycles. The molecule has 1 aromatic heterocycles. The molecule has 6 heteroatoms. The van der Waals surface area contributed by atoms with E-state index in [1.54, 1.807) is 25.1 Å². The van der Waals surface area contributed by atoms with Crippen LogP contribution in [0.1, 0.15) is 5.69 Å². The molecule has 5 nitrogen and oxygen atoms in total. The molecule has 0 aliphatic heterocycles. The molecule has 0 N–H and O–H groups in total. The maximum Gasteiger partial charge on any atom is 0.270 e. The minimum absolute atomic E-state index is 0.00345. The lowest BCUT2D eigenvalue weighted by Gasteiger charge is -2.02. The molecule has 2 aromatic rings. The third-order valence-electron chi connectivity index (χ3n) is 2.14. The molecular weight excluding hydrogens is 242 g/mol. The molecule has 0 aliphatic carbocycles. The van der Waals surface area contributed by atoms with Crippen LogP contribution in [0.15, 0.2) is 30.3 Å². The number of hydrogen-bond acceptors (Lipinski definition) is 4. The number of benzene rings is 1. The highest BCUT2D eigenvalue weighted by atomic mass is 35.5. The third-order valence-corrected chi connectivity index (χ3v) is 2.33. The van der Waals surface area contributed by atoms with Gasteiger partial charge in [0.15, 0.2) is 5.82 Å². The SMILES string of the molecule is Cc1cc(Cl)nc(-c2cccc([N+](=O)[O-])c2)n1. The van der Waals surface area contributed by atoms with E-state index in [9.17, 15) is 10.1 Å². The average Bonchev–Trinajstić information content (AvgIpc) is 2.28. The zero-order valence-corrected chi connectivity index (χ0v) is 9.68. The lowest BCUT2D eigenvalue weighted by molar-refractivity contribution is -0.384. The van der Waals surface area contributed by atoms with Gasteiger partial charge < -0.3 is 0 Å². The lowest BCUT2D eigenvalue weighted by Crippen LogP contribution is -1.93. The van der Waals surface area contributed by atoms with Crippen molar-refractivity contribution in [3.63, 3.8) is 0 Å². The molecule has 0 amide bonds. The van der Waals surface area contributed by atoms with Crippen molar-refractivity contribution >= 4 is 17.3 Å². The van der Waals surface area contributed by atoms with Crippen LogP contribution in [0.25, 0.3) is 11.4 Å². The molecule has 0 unspecified atom stereocenters. The van der Waals surface area contributed by atoms with Crippen molar-refractivity contribution in [2.75, 3.05) is 0 Å². The maximum absolute atomic E-state index is 10.7. The highest BCUT2D eigenvalue weighted by Gasteiger charge is 2.09. The van der Waals surface area contributed by atoms with Crippen LogP contribution in [-0.4, -0.2) is 14.9 Å². The molecule has 0 saturated carbocycles. The van der Waals surface area contributed by atoms with Crippen molar-refractivity contribution in [3.05, 3.63) is 51.3 Å². The van der Waals surface area contributed by atoms with Gasteiger partial charge in [-0.2, -0.15) is 0 Å². The number of rotatable bonds is 2. The van der Waals surface area contributed by atoms with Gasteiger partial charge in [0.1, 0.15) is 5.15 Å². The maximum atomic E-state index is 10.7. The molecule has 17 heavy (non-hydrogen) atoms. The molecule has 0 bridgehead atoms. The van der Waals surface area contributed by atoms with Gasteiger partial charge in [0.2, 0.25) is 0 Å². The second kappa shape index (κ2) is 4.47. The average molecular weight is 250 g/mol. The van der Waals surface area contributed by atoms with Gasteiger partial charge in [0, 0.05) is 23.4 Å². The molecule has 0 radical (unpaired) electrons. The van der Waals surface area contributed by atoms with Crippen LogP contribution in [0.3, 0.4) is 0 Å². The molecule has 86 valence electrons. The van der Waals surface area contributed by atoms with Crippen LogP contribution in [0.2, 0.25) is 5.15 Å². The fraction of sp³-hybridized carbons (Fsp3) is 0.0909. The van der Waals surface area contributed by atoms with Crippen LogP contribution < -0.4 is 0 Å². The molecule has 0 aliphatic rings. The van der Waals surface area contributed by atoms with Crippen LogP contribution in [-0.2, 0) is 0 Å². The summed E-state index contributed by atoms with van der Waals surface area (Å²) >= 11 is 5.82. The smallest absolute Gasteiger partial charge is 0.258 e. The molecule has 0 fully saturated rings. The van der Waals surface area contributed by atoms with Gasteiger partial charge >= 0.3 is 0 Å². The molecule has 0 spiro atoms. The number of aryl methyl sites for hydroxylation is 1.